The van der Waals surface area contributed by atoms with Gasteiger partial charge in [-0.05, 0) is 87.0 Å². The second kappa shape index (κ2) is 5.82. The van der Waals surface area contributed by atoms with E-state index in [9.17, 15) is 9.59 Å². The summed E-state index contributed by atoms with van der Waals surface area (Å²) in [5.41, 5.74) is 7.23. The topological polar surface area (TPSA) is 72.2 Å². The summed E-state index contributed by atoms with van der Waals surface area (Å²) in [7, 11) is 0. The summed E-state index contributed by atoms with van der Waals surface area (Å²) < 4.78 is 0. The van der Waals surface area contributed by atoms with Crippen LogP contribution in [0.2, 0.25) is 0 Å². The summed E-state index contributed by atoms with van der Waals surface area (Å²) in [5.74, 6) is 2.55. The first-order chi connectivity index (χ1) is 12.4. The third-order valence-corrected chi connectivity index (χ3v) is 8.71. The van der Waals surface area contributed by atoms with E-state index in [1.165, 1.54) is 24.1 Å². The maximum absolute atomic E-state index is 13.4. The Balaban J connectivity index is 1.45. The molecular formula is C21H28N2O2S. The number of hydrogen-bond donors (Lipinski definition) is 2. The highest BCUT2D eigenvalue weighted by Crippen LogP contribution is 2.60. The SMILES string of the molecule is C[C@@H]1CCc2sc(NC(=O)C34CC5CC(CC(C5)C3)C4)c(C(N)=O)c2C1. The number of anilines is 1. The molecule has 4 saturated carbocycles. The van der Waals surface area contributed by atoms with Gasteiger partial charge in [0.25, 0.3) is 5.91 Å². The lowest BCUT2D eigenvalue weighted by molar-refractivity contribution is -0.140. The predicted octanol–water partition coefficient (Wildman–Crippen LogP) is 4.13. The molecule has 1 aromatic rings. The van der Waals surface area contributed by atoms with E-state index in [0.717, 1.165) is 66.8 Å². The van der Waals surface area contributed by atoms with Crippen LogP contribution in [0.3, 0.4) is 0 Å². The van der Waals surface area contributed by atoms with Crippen molar-refractivity contribution in [1.82, 2.24) is 0 Å². The van der Waals surface area contributed by atoms with Crippen molar-refractivity contribution >= 4 is 28.2 Å². The fourth-order valence-corrected chi connectivity index (χ4v) is 7.98. The van der Waals surface area contributed by atoms with E-state index in [2.05, 4.69) is 12.2 Å². The molecule has 0 saturated heterocycles. The molecule has 0 unspecified atom stereocenters. The number of carbonyl (C=O) groups excluding carboxylic acids is 2. The third-order valence-electron chi connectivity index (χ3n) is 7.50. The zero-order chi connectivity index (χ0) is 18.1. The van der Waals surface area contributed by atoms with Gasteiger partial charge >= 0.3 is 0 Å². The minimum Gasteiger partial charge on any atom is -0.365 e. The Bertz CT molecular complexity index is 746. The molecule has 26 heavy (non-hydrogen) atoms. The van der Waals surface area contributed by atoms with E-state index < -0.39 is 5.91 Å². The van der Waals surface area contributed by atoms with Crippen molar-refractivity contribution in [3.63, 3.8) is 0 Å². The number of thiophene rings is 1. The van der Waals surface area contributed by atoms with Crippen LogP contribution in [0.25, 0.3) is 0 Å². The molecule has 4 bridgehead atoms. The van der Waals surface area contributed by atoms with Crippen LogP contribution < -0.4 is 11.1 Å². The number of rotatable bonds is 3. The van der Waals surface area contributed by atoms with E-state index in [4.69, 9.17) is 5.73 Å². The highest BCUT2D eigenvalue weighted by atomic mass is 32.1. The summed E-state index contributed by atoms with van der Waals surface area (Å²) in [6, 6.07) is 0. The molecule has 1 heterocycles. The highest BCUT2D eigenvalue weighted by molar-refractivity contribution is 7.17. The van der Waals surface area contributed by atoms with Gasteiger partial charge in [0.05, 0.1) is 11.0 Å². The lowest BCUT2D eigenvalue weighted by Gasteiger charge is -2.55. The predicted molar refractivity (Wildman–Crippen MR) is 103 cm³/mol. The Morgan fingerprint density at radius 2 is 1.73 bits per heavy atom. The molecule has 140 valence electrons. The van der Waals surface area contributed by atoms with Crippen LogP contribution in [-0.4, -0.2) is 11.8 Å². The number of hydrogen-bond acceptors (Lipinski definition) is 3. The minimum absolute atomic E-state index is 0.158. The summed E-state index contributed by atoms with van der Waals surface area (Å²) in [5, 5.41) is 3.92. The van der Waals surface area contributed by atoms with E-state index in [0.29, 0.717) is 11.5 Å². The van der Waals surface area contributed by atoms with E-state index in [1.807, 2.05) is 0 Å². The molecule has 1 aromatic heterocycles. The summed E-state index contributed by atoms with van der Waals surface area (Å²) in [6.45, 7) is 2.22. The van der Waals surface area contributed by atoms with Gasteiger partial charge in [0.1, 0.15) is 5.00 Å². The molecule has 0 aromatic carbocycles. The Morgan fingerprint density at radius 3 is 2.31 bits per heavy atom. The van der Waals surface area contributed by atoms with Crippen molar-refractivity contribution in [2.45, 2.75) is 64.7 Å². The first-order valence-electron chi connectivity index (χ1n) is 10.2. The molecule has 4 nitrogen and oxygen atoms in total. The zero-order valence-corrected chi connectivity index (χ0v) is 16.3. The molecule has 4 fully saturated rings. The smallest absolute Gasteiger partial charge is 0.251 e. The van der Waals surface area contributed by atoms with Gasteiger partial charge in [-0.3, -0.25) is 9.59 Å². The van der Waals surface area contributed by atoms with Crippen molar-refractivity contribution in [1.29, 1.82) is 0 Å². The average Bonchev–Trinajstić information content (AvgIpc) is 2.90. The monoisotopic (exact) mass is 372 g/mol. The van der Waals surface area contributed by atoms with Gasteiger partial charge in [0, 0.05) is 4.88 Å². The van der Waals surface area contributed by atoms with Gasteiger partial charge in [-0.25, -0.2) is 0 Å². The van der Waals surface area contributed by atoms with Gasteiger partial charge < -0.3 is 11.1 Å². The van der Waals surface area contributed by atoms with Gasteiger partial charge in [-0.15, -0.1) is 11.3 Å². The number of carbonyl (C=O) groups is 2. The molecule has 6 rings (SSSR count). The molecule has 0 spiro atoms. The Morgan fingerprint density at radius 1 is 1.12 bits per heavy atom. The molecule has 0 radical (unpaired) electrons. The third kappa shape index (κ3) is 2.54. The van der Waals surface area contributed by atoms with Crippen molar-refractivity contribution in [3.05, 3.63) is 16.0 Å². The van der Waals surface area contributed by atoms with Crippen LogP contribution in [0.4, 0.5) is 5.00 Å². The van der Waals surface area contributed by atoms with E-state index in [1.54, 1.807) is 11.3 Å². The average molecular weight is 373 g/mol. The molecular weight excluding hydrogens is 344 g/mol. The Labute approximate surface area is 158 Å². The number of aryl methyl sites for hydroxylation is 1. The van der Waals surface area contributed by atoms with Crippen molar-refractivity contribution in [3.8, 4) is 0 Å². The maximum Gasteiger partial charge on any atom is 0.251 e. The van der Waals surface area contributed by atoms with Crippen molar-refractivity contribution in [2.24, 2.45) is 34.8 Å². The van der Waals surface area contributed by atoms with Crippen LogP contribution in [0.5, 0.6) is 0 Å². The Hall–Kier alpha value is -1.36. The normalized spacial score (nSPS) is 37.4. The summed E-state index contributed by atoms with van der Waals surface area (Å²) in [4.78, 5) is 26.8. The van der Waals surface area contributed by atoms with Gasteiger partial charge in [-0.2, -0.15) is 0 Å². The molecule has 5 heteroatoms. The molecule has 5 aliphatic carbocycles. The number of nitrogens with one attached hydrogen (secondary N) is 1. The van der Waals surface area contributed by atoms with Crippen LogP contribution in [0, 0.1) is 29.1 Å². The minimum atomic E-state index is -0.391. The van der Waals surface area contributed by atoms with Crippen molar-refractivity contribution < 1.29 is 9.59 Å². The number of primary amides is 1. The first kappa shape index (κ1) is 16.8. The second-order valence-electron chi connectivity index (χ2n) is 9.57. The fraction of sp³-hybridized carbons (Fsp3) is 0.714. The van der Waals surface area contributed by atoms with Crippen LogP contribution in [-0.2, 0) is 17.6 Å². The lowest BCUT2D eigenvalue weighted by Crippen LogP contribution is -2.51. The first-order valence-corrected chi connectivity index (χ1v) is 11.0. The van der Waals surface area contributed by atoms with Crippen LogP contribution >= 0.6 is 11.3 Å². The van der Waals surface area contributed by atoms with Gasteiger partial charge in [0.2, 0.25) is 5.91 Å². The molecule has 0 aliphatic heterocycles. The second-order valence-corrected chi connectivity index (χ2v) is 10.7. The van der Waals surface area contributed by atoms with E-state index in [-0.39, 0.29) is 11.3 Å². The number of nitrogens with two attached hydrogens (primary N) is 1. The Kier molecular flexibility index (Phi) is 3.76. The standard InChI is InChI=1S/C21H28N2O2S/c1-11-2-3-16-15(4-11)17(18(22)24)19(26-16)23-20(25)21-8-12-5-13(9-21)7-14(6-12)10-21/h11-14H,2-10H2,1H3,(H2,22,24)(H,23,25)/t11-,12?,13?,14?,21?/m1/s1. The van der Waals surface area contributed by atoms with Gasteiger partial charge in [-0.1, -0.05) is 6.92 Å². The number of amides is 2. The molecule has 1 atom stereocenters. The molecule has 3 N–H and O–H groups in total. The largest absolute Gasteiger partial charge is 0.365 e. The quantitative estimate of drug-likeness (QED) is 0.837. The molecule has 2 amide bonds. The zero-order valence-electron chi connectivity index (χ0n) is 15.5. The fourth-order valence-electron chi connectivity index (χ4n) is 6.73. The van der Waals surface area contributed by atoms with E-state index >= 15 is 0 Å². The summed E-state index contributed by atoms with van der Waals surface area (Å²) in [6.07, 6.45) is 10.1. The maximum atomic E-state index is 13.4. The van der Waals surface area contributed by atoms with Crippen LogP contribution in [0.15, 0.2) is 0 Å². The van der Waals surface area contributed by atoms with Gasteiger partial charge in [0.15, 0.2) is 0 Å². The number of fused-ring (bicyclic) bond motifs is 1. The lowest BCUT2D eigenvalue weighted by atomic mass is 9.49. The summed E-state index contributed by atoms with van der Waals surface area (Å²) >= 11 is 1.59. The molecule has 5 aliphatic rings. The van der Waals surface area contributed by atoms with Crippen molar-refractivity contribution in [2.75, 3.05) is 5.32 Å². The van der Waals surface area contributed by atoms with Crippen LogP contribution in [0.1, 0.15) is 72.7 Å². The highest BCUT2D eigenvalue weighted by Gasteiger charge is 2.54.